The topological polar surface area (TPSA) is 131 Å². The molecule has 10 heteroatoms. The standard InChI is InChI=1S/C20H24ClN5O4/c1-26(29,30)18-11-15(21)16(23-9-8-22)12-17(18)24-20(28)13-4-6-14(7-5-13)25-10-2-3-19(25)27/h4-7,11-12,23,29H,2-3,8-10,22H2,1H3,(H,24,28). The second-order valence-electron chi connectivity index (χ2n) is 7.09. The molecule has 2 aromatic rings. The zero-order chi connectivity index (χ0) is 21.9. The second kappa shape index (κ2) is 8.99. The van der Waals surface area contributed by atoms with Crippen LogP contribution >= 0.6 is 11.6 Å². The molecule has 1 saturated heterocycles. The Morgan fingerprint density at radius 1 is 1.30 bits per heavy atom. The Kier molecular flexibility index (Phi) is 6.59. The van der Waals surface area contributed by atoms with Crippen LogP contribution < -0.4 is 26.1 Å². The summed E-state index contributed by atoms with van der Waals surface area (Å²) >= 11 is 6.18. The predicted molar refractivity (Wildman–Crippen MR) is 118 cm³/mol. The fourth-order valence-electron chi connectivity index (χ4n) is 3.26. The highest BCUT2D eigenvalue weighted by molar-refractivity contribution is 6.33. The summed E-state index contributed by atoms with van der Waals surface area (Å²) in [6.07, 6.45) is 1.34. The van der Waals surface area contributed by atoms with Gasteiger partial charge in [-0.05, 0) is 36.8 Å². The van der Waals surface area contributed by atoms with Gasteiger partial charge in [-0.25, -0.2) is 5.21 Å². The SMILES string of the molecule is C[N+]([O-])(O)c1cc(Cl)c(NCCN)cc1NC(=O)c1ccc(N2CCCC2=O)cc1. The Balaban J connectivity index is 1.85. The molecule has 1 aliphatic rings. The van der Waals surface area contributed by atoms with Gasteiger partial charge in [0, 0.05) is 43.4 Å². The van der Waals surface area contributed by atoms with Crippen LogP contribution in [0, 0.1) is 5.21 Å². The number of halogens is 1. The van der Waals surface area contributed by atoms with E-state index in [0.717, 1.165) is 19.2 Å². The van der Waals surface area contributed by atoms with E-state index in [2.05, 4.69) is 10.6 Å². The Morgan fingerprint density at radius 2 is 2.00 bits per heavy atom. The highest BCUT2D eigenvalue weighted by atomic mass is 35.5. The van der Waals surface area contributed by atoms with Crippen molar-refractivity contribution in [3.63, 3.8) is 0 Å². The van der Waals surface area contributed by atoms with Crippen LogP contribution in [-0.4, -0.2) is 43.7 Å². The first-order chi connectivity index (χ1) is 14.2. The number of hydrogen-bond acceptors (Lipinski definition) is 6. The highest BCUT2D eigenvalue weighted by Gasteiger charge is 2.24. The van der Waals surface area contributed by atoms with E-state index in [4.69, 9.17) is 17.3 Å². The van der Waals surface area contributed by atoms with Gasteiger partial charge in [0.05, 0.1) is 10.7 Å². The number of carbonyl (C=O) groups is 2. The summed E-state index contributed by atoms with van der Waals surface area (Å²) in [7, 11) is 1.01. The number of nitrogens with two attached hydrogens (primary N) is 1. The smallest absolute Gasteiger partial charge is 0.255 e. The number of quaternary nitrogens is 1. The molecule has 1 heterocycles. The molecule has 5 N–H and O–H groups in total. The van der Waals surface area contributed by atoms with Gasteiger partial charge in [0.25, 0.3) is 5.91 Å². The Bertz CT molecular complexity index is 943. The molecule has 0 aliphatic carbocycles. The van der Waals surface area contributed by atoms with Crippen molar-refractivity contribution in [1.29, 1.82) is 0 Å². The van der Waals surface area contributed by atoms with Crippen molar-refractivity contribution in [3.8, 4) is 0 Å². The molecule has 2 amide bonds. The first-order valence-electron chi connectivity index (χ1n) is 9.51. The summed E-state index contributed by atoms with van der Waals surface area (Å²) < 4.78 is 0. The number of nitrogens with zero attached hydrogens (tertiary/aromatic N) is 2. The number of anilines is 3. The van der Waals surface area contributed by atoms with Crippen molar-refractivity contribution in [2.24, 2.45) is 5.73 Å². The monoisotopic (exact) mass is 433 g/mol. The quantitative estimate of drug-likeness (QED) is 0.392. The maximum absolute atomic E-state index is 12.7. The molecule has 1 atom stereocenters. The van der Waals surface area contributed by atoms with Crippen LogP contribution in [0.2, 0.25) is 5.02 Å². The fourth-order valence-corrected chi connectivity index (χ4v) is 3.48. The summed E-state index contributed by atoms with van der Waals surface area (Å²) in [5.41, 5.74) is 7.02. The van der Waals surface area contributed by atoms with Gasteiger partial charge in [0.1, 0.15) is 12.7 Å². The summed E-state index contributed by atoms with van der Waals surface area (Å²) in [6, 6.07) is 9.38. The number of carbonyl (C=O) groups excluding carboxylic acids is 2. The molecular formula is C20H24ClN5O4. The van der Waals surface area contributed by atoms with Crippen molar-refractivity contribution >= 4 is 46.2 Å². The van der Waals surface area contributed by atoms with E-state index in [0.29, 0.717) is 37.3 Å². The maximum Gasteiger partial charge on any atom is 0.255 e. The Morgan fingerprint density at radius 3 is 2.57 bits per heavy atom. The average Bonchev–Trinajstić information content (AvgIpc) is 3.13. The van der Waals surface area contributed by atoms with Gasteiger partial charge in [-0.3, -0.25) is 9.59 Å². The summed E-state index contributed by atoms with van der Waals surface area (Å²) in [6.45, 7) is 1.46. The van der Waals surface area contributed by atoms with Gasteiger partial charge in [0.15, 0.2) is 5.69 Å². The van der Waals surface area contributed by atoms with Crippen molar-refractivity contribution in [1.82, 2.24) is 4.81 Å². The van der Waals surface area contributed by atoms with E-state index in [1.165, 1.54) is 12.1 Å². The predicted octanol–water partition coefficient (Wildman–Crippen LogP) is 2.91. The van der Waals surface area contributed by atoms with E-state index in [-0.39, 0.29) is 22.3 Å². The molecule has 1 aliphatic heterocycles. The van der Waals surface area contributed by atoms with Gasteiger partial charge in [0.2, 0.25) is 5.91 Å². The van der Waals surface area contributed by atoms with Gasteiger partial charge in [-0.1, -0.05) is 11.6 Å². The number of rotatable bonds is 7. The van der Waals surface area contributed by atoms with Crippen LogP contribution in [-0.2, 0) is 4.79 Å². The van der Waals surface area contributed by atoms with E-state index in [9.17, 15) is 20.0 Å². The maximum atomic E-state index is 12.7. The third-order valence-corrected chi connectivity index (χ3v) is 5.07. The minimum atomic E-state index is -1.76. The third-order valence-electron chi connectivity index (χ3n) is 4.75. The molecule has 0 saturated carbocycles. The molecule has 0 bridgehead atoms. The number of hydrogen-bond donors (Lipinski definition) is 4. The number of amides is 2. The van der Waals surface area contributed by atoms with Crippen LogP contribution in [0.25, 0.3) is 0 Å². The first kappa shape index (κ1) is 22.0. The summed E-state index contributed by atoms with van der Waals surface area (Å²) in [5, 5.41) is 27.9. The van der Waals surface area contributed by atoms with Gasteiger partial charge in [-0.2, -0.15) is 4.81 Å². The Hall–Kier alpha value is -2.69. The molecule has 160 valence electrons. The summed E-state index contributed by atoms with van der Waals surface area (Å²) in [4.78, 5) is 24.5. The van der Waals surface area contributed by atoms with E-state index < -0.39 is 10.7 Å². The van der Waals surface area contributed by atoms with Crippen LogP contribution in [0.5, 0.6) is 0 Å². The van der Waals surface area contributed by atoms with Gasteiger partial charge < -0.3 is 26.5 Å². The van der Waals surface area contributed by atoms with Gasteiger partial charge in [-0.15, -0.1) is 0 Å². The molecule has 30 heavy (non-hydrogen) atoms. The normalized spacial score (nSPS) is 15.8. The van der Waals surface area contributed by atoms with E-state index >= 15 is 0 Å². The average molecular weight is 434 g/mol. The molecule has 0 aromatic heterocycles. The number of benzene rings is 2. The minimum Gasteiger partial charge on any atom is -0.593 e. The fraction of sp³-hybridized carbons (Fsp3) is 0.300. The largest absolute Gasteiger partial charge is 0.593 e. The number of hydroxylamine groups is 2. The van der Waals surface area contributed by atoms with E-state index in [1.54, 1.807) is 29.2 Å². The van der Waals surface area contributed by atoms with Crippen LogP contribution in [0.4, 0.5) is 22.7 Å². The third kappa shape index (κ3) is 4.89. The lowest BCUT2D eigenvalue weighted by Gasteiger charge is -2.30. The molecular weight excluding hydrogens is 410 g/mol. The lowest BCUT2D eigenvalue weighted by Crippen LogP contribution is -2.34. The van der Waals surface area contributed by atoms with Crippen molar-refractivity contribution in [3.05, 3.63) is 52.2 Å². The minimum absolute atomic E-state index is 0.0611. The summed E-state index contributed by atoms with van der Waals surface area (Å²) in [5.74, 6) is -0.415. The molecule has 1 fully saturated rings. The molecule has 1 unspecified atom stereocenters. The zero-order valence-electron chi connectivity index (χ0n) is 16.5. The lowest BCUT2D eigenvalue weighted by atomic mass is 10.1. The van der Waals surface area contributed by atoms with Crippen molar-refractivity contribution in [2.75, 3.05) is 42.2 Å². The van der Waals surface area contributed by atoms with E-state index in [1.807, 2.05) is 0 Å². The molecule has 2 aromatic carbocycles. The Labute approximate surface area is 179 Å². The lowest BCUT2D eigenvalue weighted by molar-refractivity contribution is -0.117. The van der Waals surface area contributed by atoms with Crippen LogP contribution in [0.3, 0.4) is 0 Å². The number of nitrogens with one attached hydrogen (secondary N) is 2. The first-order valence-corrected chi connectivity index (χ1v) is 9.88. The zero-order valence-corrected chi connectivity index (χ0v) is 17.3. The molecule has 0 spiro atoms. The second-order valence-corrected chi connectivity index (χ2v) is 7.50. The molecule has 9 nitrogen and oxygen atoms in total. The van der Waals surface area contributed by atoms with Crippen LogP contribution in [0.15, 0.2) is 36.4 Å². The van der Waals surface area contributed by atoms with Crippen molar-refractivity contribution in [2.45, 2.75) is 12.8 Å². The highest BCUT2D eigenvalue weighted by Crippen LogP contribution is 2.37. The van der Waals surface area contributed by atoms with Gasteiger partial charge >= 0.3 is 0 Å². The molecule has 0 radical (unpaired) electrons. The van der Waals surface area contributed by atoms with Crippen LogP contribution in [0.1, 0.15) is 23.2 Å². The molecule has 3 rings (SSSR count). The van der Waals surface area contributed by atoms with Crippen molar-refractivity contribution < 1.29 is 14.8 Å².